The number of carbonyl (C=O) groups is 1. The smallest absolute Gasteiger partial charge is 0.316 e. The van der Waals surface area contributed by atoms with Crippen molar-refractivity contribution in [1.29, 1.82) is 0 Å². The Labute approximate surface area is 161 Å². The summed E-state index contributed by atoms with van der Waals surface area (Å²) < 4.78 is 19.8. The van der Waals surface area contributed by atoms with Gasteiger partial charge in [0.05, 0.1) is 11.0 Å². The van der Waals surface area contributed by atoms with Gasteiger partial charge in [0.2, 0.25) is 0 Å². The molecule has 27 heavy (non-hydrogen) atoms. The van der Waals surface area contributed by atoms with Crippen molar-refractivity contribution < 1.29 is 19.0 Å². The Morgan fingerprint density at radius 3 is 2.56 bits per heavy atom. The highest BCUT2D eigenvalue weighted by Gasteiger charge is 2.64. The van der Waals surface area contributed by atoms with Gasteiger partial charge >= 0.3 is 5.97 Å². The number of hydrogen-bond acceptors (Lipinski definition) is 4. The van der Waals surface area contributed by atoms with Crippen molar-refractivity contribution >= 4 is 5.97 Å². The van der Waals surface area contributed by atoms with Crippen molar-refractivity contribution in [1.82, 2.24) is 0 Å². The van der Waals surface area contributed by atoms with Gasteiger partial charge in [-0.3, -0.25) is 4.79 Å². The lowest BCUT2D eigenvalue weighted by Gasteiger charge is -2.57. The van der Waals surface area contributed by atoms with Crippen molar-refractivity contribution in [2.24, 2.45) is 27.9 Å². The summed E-state index contributed by atoms with van der Waals surface area (Å²) in [6.45, 7) is 9.74. The van der Waals surface area contributed by atoms with Gasteiger partial charge in [-0.15, -0.1) is 0 Å². The first-order valence-electron chi connectivity index (χ1n) is 9.80. The van der Waals surface area contributed by atoms with Crippen LogP contribution in [0.1, 0.15) is 65.9 Å². The van der Waals surface area contributed by atoms with Gasteiger partial charge in [-0.25, -0.2) is 4.39 Å². The minimum atomic E-state index is -1.26. The number of rotatable bonds is 3. The molecule has 0 aromatic heterocycles. The molecule has 2 fully saturated rings. The molecule has 5 heteroatoms. The van der Waals surface area contributed by atoms with E-state index in [0.29, 0.717) is 24.4 Å². The Hall–Kier alpha value is -1.46. The van der Waals surface area contributed by atoms with Crippen molar-refractivity contribution in [3.63, 3.8) is 0 Å². The maximum absolute atomic E-state index is 14.4. The molecule has 2 aliphatic carbocycles. The van der Waals surface area contributed by atoms with Gasteiger partial charge in [0.15, 0.2) is 0 Å². The molecule has 2 aliphatic rings. The lowest BCUT2D eigenvalue weighted by atomic mass is 9.50. The Bertz CT molecular complexity index is 758. The van der Waals surface area contributed by atoms with Crippen LogP contribution in [0, 0.1) is 28.0 Å². The van der Waals surface area contributed by atoms with E-state index in [1.54, 1.807) is 26.8 Å². The molecule has 4 unspecified atom stereocenters. The third kappa shape index (κ3) is 3.09. The van der Waals surface area contributed by atoms with Gasteiger partial charge in [0.25, 0.3) is 0 Å². The van der Waals surface area contributed by atoms with Crippen molar-refractivity contribution in [2.75, 3.05) is 6.54 Å². The van der Waals surface area contributed by atoms with E-state index in [-0.39, 0.29) is 11.2 Å². The third-order valence-corrected chi connectivity index (χ3v) is 7.25. The molecule has 3 rings (SSSR count). The number of benzene rings is 1. The van der Waals surface area contributed by atoms with Gasteiger partial charge < -0.3 is 15.6 Å². The maximum Gasteiger partial charge on any atom is 0.316 e. The van der Waals surface area contributed by atoms with Crippen molar-refractivity contribution in [2.45, 2.75) is 65.9 Å². The minimum absolute atomic E-state index is 0.103. The number of carbonyl (C=O) groups excluding carboxylic acids is 1. The standard InChI is InChI=1S/C22H32FNO3/c1-19(2,3)18(25)27-17-9-15(8-16(23)10-17)22(26)12-14-6-7-20(4,11-14)21(22,5)13-24/h8-10,14,26H,6-7,11-13,24H2,1-5H3. The predicted molar refractivity (Wildman–Crippen MR) is 103 cm³/mol. The van der Waals surface area contributed by atoms with Gasteiger partial charge in [0.1, 0.15) is 11.6 Å². The highest BCUT2D eigenvalue weighted by molar-refractivity contribution is 5.77. The second-order valence-electron chi connectivity index (χ2n) is 10.1. The van der Waals surface area contributed by atoms with Gasteiger partial charge in [-0.1, -0.05) is 13.8 Å². The molecule has 0 radical (unpaired) electrons. The largest absolute Gasteiger partial charge is 0.426 e. The molecule has 0 amide bonds. The van der Waals surface area contributed by atoms with E-state index in [0.717, 1.165) is 19.3 Å². The Kier molecular flexibility index (Phi) is 4.72. The van der Waals surface area contributed by atoms with Crippen molar-refractivity contribution in [3.8, 4) is 5.75 Å². The number of fused-ring (bicyclic) bond motifs is 2. The van der Waals surface area contributed by atoms with Gasteiger partial charge in [-0.05, 0) is 75.5 Å². The topological polar surface area (TPSA) is 72.5 Å². The summed E-state index contributed by atoms with van der Waals surface area (Å²) in [6.07, 6.45) is 3.64. The minimum Gasteiger partial charge on any atom is -0.426 e. The lowest BCUT2D eigenvalue weighted by Crippen LogP contribution is -2.59. The number of esters is 1. The summed E-state index contributed by atoms with van der Waals surface area (Å²) in [5.74, 6) is -0.451. The van der Waals surface area contributed by atoms with E-state index in [1.165, 1.54) is 12.1 Å². The van der Waals surface area contributed by atoms with E-state index in [1.807, 2.05) is 6.92 Å². The summed E-state index contributed by atoms with van der Waals surface area (Å²) >= 11 is 0. The van der Waals surface area contributed by atoms with E-state index < -0.39 is 28.2 Å². The molecule has 0 heterocycles. The van der Waals surface area contributed by atoms with E-state index in [2.05, 4.69) is 6.92 Å². The van der Waals surface area contributed by atoms with Crippen LogP contribution in [0.4, 0.5) is 4.39 Å². The number of nitrogens with two attached hydrogens (primary N) is 1. The zero-order chi connectivity index (χ0) is 20.3. The molecule has 1 aromatic rings. The fourth-order valence-electron chi connectivity index (χ4n) is 5.15. The average molecular weight is 378 g/mol. The molecule has 0 aliphatic heterocycles. The molecule has 4 atom stereocenters. The van der Waals surface area contributed by atoms with Crippen LogP contribution in [0.5, 0.6) is 5.75 Å². The fourth-order valence-corrected chi connectivity index (χ4v) is 5.15. The normalized spacial score (nSPS) is 35.9. The van der Waals surface area contributed by atoms with Crippen molar-refractivity contribution in [3.05, 3.63) is 29.6 Å². The van der Waals surface area contributed by atoms with Crippen LogP contribution in [0.25, 0.3) is 0 Å². The second-order valence-corrected chi connectivity index (χ2v) is 10.1. The Morgan fingerprint density at radius 1 is 1.30 bits per heavy atom. The Balaban J connectivity index is 2.06. The summed E-state index contributed by atoms with van der Waals surface area (Å²) in [5.41, 5.74) is 3.98. The highest BCUT2D eigenvalue weighted by atomic mass is 19.1. The number of halogens is 1. The average Bonchev–Trinajstić information content (AvgIpc) is 2.90. The van der Waals surface area contributed by atoms with Crippen LogP contribution in [0.3, 0.4) is 0 Å². The zero-order valence-electron chi connectivity index (χ0n) is 17.1. The zero-order valence-corrected chi connectivity index (χ0v) is 17.1. The summed E-state index contributed by atoms with van der Waals surface area (Å²) in [6, 6.07) is 4.15. The fraction of sp³-hybridized carbons (Fsp3) is 0.682. The molecule has 150 valence electrons. The first-order chi connectivity index (χ1) is 12.3. The van der Waals surface area contributed by atoms with Crippen LogP contribution in [-0.4, -0.2) is 17.6 Å². The molecule has 2 bridgehead atoms. The first kappa shape index (κ1) is 20.3. The number of aliphatic hydroxyl groups is 1. The third-order valence-electron chi connectivity index (χ3n) is 7.25. The summed E-state index contributed by atoms with van der Waals surface area (Å²) in [4.78, 5) is 12.2. The lowest BCUT2D eigenvalue weighted by molar-refractivity contribution is -0.172. The van der Waals surface area contributed by atoms with E-state index in [9.17, 15) is 14.3 Å². The summed E-state index contributed by atoms with van der Waals surface area (Å²) in [7, 11) is 0. The molecular weight excluding hydrogens is 345 g/mol. The van der Waals surface area contributed by atoms with E-state index >= 15 is 0 Å². The maximum atomic E-state index is 14.4. The quantitative estimate of drug-likeness (QED) is 0.613. The molecule has 1 aromatic carbocycles. The molecular formula is C22H32FNO3. The molecule has 0 spiro atoms. The van der Waals surface area contributed by atoms with E-state index in [4.69, 9.17) is 10.5 Å². The summed E-state index contributed by atoms with van der Waals surface area (Å²) in [5, 5.41) is 11.9. The van der Waals surface area contributed by atoms with Crippen LogP contribution in [0.2, 0.25) is 0 Å². The first-order valence-corrected chi connectivity index (χ1v) is 9.80. The predicted octanol–water partition coefficient (Wildman–Crippen LogP) is 4.14. The van der Waals surface area contributed by atoms with Gasteiger partial charge in [0, 0.05) is 18.0 Å². The van der Waals surface area contributed by atoms with Crippen LogP contribution in [0.15, 0.2) is 18.2 Å². The van der Waals surface area contributed by atoms with Crippen LogP contribution < -0.4 is 10.5 Å². The SMILES string of the molecule is CC(C)(C)C(=O)Oc1cc(F)cc(C2(O)CC3CCC(C)(C3)C2(C)CN)c1. The number of ether oxygens (including phenoxy) is 1. The second kappa shape index (κ2) is 6.28. The highest BCUT2D eigenvalue weighted by Crippen LogP contribution is 2.67. The number of hydrogen-bond donors (Lipinski definition) is 2. The molecule has 0 saturated heterocycles. The molecule has 2 saturated carbocycles. The molecule has 3 N–H and O–H groups in total. The monoisotopic (exact) mass is 377 g/mol. The van der Waals surface area contributed by atoms with Gasteiger partial charge in [-0.2, -0.15) is 0 Å². The molecule has 4 nitrogen and oxygen atoms in total. The van der Waals surface area contributed by atoms with Crippen LogP contribution >= 0.6 is 0 Å². The van der Waals surface area contributed by atoms with Crippen LogP contribution in [-0.2, 0) is 10.4 Å². The Morgan fingerprint density at radius 2 is 1.96 bits per heavy atom.